The first-order valence-electron chi connectivity index (χ1n) is 6.46. The third-order valence-electron chi connectivity index (χ3n) is 3.46. The zero-order chi connectivity index (χ0) is 15.7. The van der Waals surface area contributed by atoms with Gasteiger partial charge in [-0.1, -0.05) is 0 Å². The summed E-state index contributed by atoms with van der Waals surface area (Å²) in [5.74, 6) is 0. The second-order valence-corrected chi connectivity index (χ2v) is 6.81. The van der Waals surface area contributed by atoms with Crippen molar-refractivity contribution in [1.82, 2.24) is 14.6 Å². The van der Waals surface area contributed by atoms with Crippen molar-refractivity contribution in [2.75, 3.05) is 20.1 Å². The third kappa shape index (κ3) is 3.53. The number of likely N-dealkylation sites (N-methyl/N-ethyl adjacent to an activating group) is 1. The minimum Gasteiger partial charge on any atom is -0.316 e. The number of piperidine rings is 1. The topological polar surface area (TPSA) is 62.3 Å². The van der Waals surface area contributed by atoms with Gasteiger partial charge in [-0.2, -0.15) is 17.5 Å². The number of alkyl halides is 3. The molecule has 0 aromatic carbocycles. The Morgan fingerprint density at radius 2 is 2.10 bits per heavy atom. The molecule has 1 aliphatic heterocycles. The number of halogens is 3. The van der Waals surface area contributed by atoms with Gasteiger partial charge < -0.3 is 5.32 Å². The SMILES string of the molecule is CNC1CCCN(S(=O)(=O)c2ccc(C(F)(F)F)nc2)C1. The Labute approximate surface area is 121 Å². The molecule has 1 atom stereocenters. The molecule has 0 radical (unpaired) electrons. The van der Waals surface area contributed by atoms with E-state index in [-0.39, 0.29) is 10.9 Å². The van der Waals surface area contributed by atoms with Gasteiger partial charge in [0.2, 0.25) is 10.0 Å². The first kappa shape index (κ1) is 16.2. The molecule has 2 heterocycles. The molecular formula is C12H16F3N3O2S. The molecule has 1 saturated heterocycles. The minimum atomic E-state index is -4.58. The zero-order valence-electron chi connectivity index (χ0n) is 11.4. The van der Waals surface area contributed by atoms with Gasteiger partial charge in [0.15, 0.2) is 0 Å². The molecule has 0 aliphatic carbocycles. The molecule has 1 unspecified atom stereocenters. The van der Waals surface area contributed by atoms with E-state index >= 15 is 0 Å². The summed E-state index contributed by atoms with van der Waals surface area (Å²) >= 11 is 0. The largest absolute Gasteiger partial charge is 0.433 e. The van der Waals surface area contributed by atoms with Crippen LogP contribution in [0, 0.1) is 0 Å². The molecule has 1 N–H and O–H groups in total. The van der Waals surface area contributed by atoms with E-state index in [4.69, 9.17) is 0 Å². The van der Waals surface area contributed by atoms with Crippen molar-refractivity contribution in [3.05, 3.63) is 24.0 Å². The van der Waals surface area contributed by atoms with E-state index in [0.29, 0.717) is 25.6 Å². The number of pyridine rings is 1. The maximum atomic E-state index is 12.4. The maximum absolute atomic E-state index is 12.4. The molecule has 2 rings (SSSR count). The third-order valence-corrected chi connectivity index (χ3v) is 5.31. The highest BCUT2D eigenvalue weighted by molar-refractivity contribution is 7.89. The van der Waals surface area contributed by atoms with Gasteiger partial charge >= 0.3 is 6.18 Å². The van der Waals surface area contributed by atoms with Crippen LogP contribution in [-0.2, 0) is 16.2 Å². The quantitative estimate of drug-likeness (QED) is 0.915. The van der Waals surface area contributed by atoms with Gasteiger partial charge in [0.25, 0.3) is 0 Å². The van der Waals surface area contributed by atoms with E-state index in [2.05, 4.69) is 10.3 Å². The molecule has 1 fully saturated rings. The van der Waals surface area contributed by atoms with E-state index < -0.39 is 21.9 Å². The van der Waals surface area contributed by atoms with Crippen molar-refractivity contribution in [1.29, 1.82) is 0 Å². The molecule has 1 aliphatic rings. The van der Waals surface area contributed by atoms with E-state index in [1.807, 2.05) is 0 Å². The molecule has 21 heavy (non-hydrogen) atoms. The fourth-order valence-corrected chi connectivity index (χ4v) is 3.72. The standard InChI is InChI=1S/C12H16F3N3O2S/c1-16-9-3-2-6-18(8-9)21(19,20)10-4-5-11(17-7-10)12(13,14)15/h4-5,7,9,16H,2-3,6,8H2,1H3. The van der Waals surface area contributed by atoms with Crippen LogP contribution in [0.2, 0.25) is 0 Å². The molecule has 9 heteroatoms. The van der Waals surface area contributed by atoms with Crippen molar-refractivity contribution in [2.24, 2.45) is 0 Å². The predicted octanol–water partition coefficient (Wildman–Crippen LogP) is 1.47. The average molecular weight is 323 g/mol. The summed E-state index contributed by atoms with van der Waals surface area (Å²) < 4.78 is 63.4. The van der Waals surface area contributed by atoms with E-state index in [0.717, 1.165) is 18.7 Å². The Kier molecular flexibility index (Phi) is 4.54. The lowest BCUT2D eigenvalue weighted by atomic mass is 10.1. The van der Waals surface area contributed by atoms with Crippen molar-refractivity contribution in [3.8, 4) is 0 Å². The molecule has 0 spiro atoms. The highest BCUT2D eigenvalue weighted by atomic mass is 32.2. The number of rotatable bonds is 3. The summed E-state index contributed by atoms with van der Waals surface area (Å²) in [7, 11) is -2.05. The van der Waals surface area contributed by atoms with E-state index in [1.165, 1.54) is 4.31 Å². The van der Waals surface area contributed by atoms with Crippen molar-refractivity contribution >= 4 is 10.0 Å². The molecular weight excluding hydrogens is 307 g/mol. The summed E-state index contributed by atoms with van der Waals surface area (Å²) in [5, 5.41) is 3.02. The summed E-state index contributed by atoms with van der Waals surface area (Å²) in [6.45, 7) is 0.668. The number of sulfonamides is 1. The maximum Gasteiger partial charge on any atom is 0.433 e. The molecule has 118 valence electrons. The normalized spacial score (nSPS) is 21.4. The van der Waals surface area contributed by atoms with E-state index in [9.17, 15) is 21.6 Å². The number of hydrogen-bond donors (Lipinski definition) is 1. The number of nitrogens with one attached hydrogen (secondary N) is 1. The van der Waals surface area contributed by atoms with Crippen molar-refractivity contribution in [3.63, 3.8) is 0 Å². The van der Waals surface area contributed by atoms with Crippen LogP contribution in [-0.4, -0.2) is 43.9 Å². The van der Waals surface area contributed by atoms with Gasteiger partial charge in [0, 0.05) is 25.3 Å². The van der Waals surface area contributed by atoms with Crippen LogP contribution < -0.4 is 5.32 Å². The van der Waals surface area contributed by atoms with Gasteiger partial charge in [-0.25, -0.2) is 8.42 Å². The second kappa shape index (κ2) is 5.90. The lowest BCUT2D eigenvalue weighted by Crippen LogP contribution is -2.46. The highest BCUT2D eigenvalue weighted by Gasteiger charge is 2.34. The molecule has 1 aromatic heterocycles. The van der Waals surface area contributed by atoms with Gasteiger partial charge in [-0.3, -0.25) is 4.98 Å². The van der Waals surface area contributed by atoms with Crippen LogP contribution in [0.25, 0.3) is 0 Å². The van der Waals surface area contributed by atoms with Crippen LogP contribution in [0.15, 0.2) is 23.2 Å². The summed E-state index contributed by atoms with van der Waals surface area (Å²) in [6.07, 6.45) is -2.24. The fraction of sp³-hybridized carbons (Fsp3) is 0.583. The van der Waals surface area contributed by atoms with Crippen molar-refractivity contribution in [2.45, 2.75) is 30.0 Å². The van der Waals surface area contributed by atoms with Gasteiger partial charge in [0.1, 0.15) is 10.6 Å². The monoisotopic (exact) mass is 323 g/mol. The van der Waals surface area contributed by atoms with Gasteiger partial charge in [-0.05, 0) is 32.0 Å². The summed E-state index contributed by atoms with van der Waals surface area (Å²) in [5.41, 5.74) is -1.10. The Balaban J connectivity index is 2.23. The number of hydrogen-bond acceptors (Lipinski definition) is 4. The predicted molar refractivity (Wildman–Crippen MR) is 70.1 cm³/mol. The second-order valence-electron chi connectivity index (χ2n) is 4.87. The smallest absolute Gasteiger partial charge is 0.316 e. The summed E-state index contributed by atoms with van der Waals surface area (Å²) in [6, 6.07) is 1.69. The first-order valence-corrected chi connectivity index (χ1v) is 7.90. The van der Waals surface area contributed by atoms with Crippen LogP contribution in [0.1, 0.15) is 18.5 Å². The lowest BCUT2D eigenvalue weighted by Gasteiger charge is -2.31. The van der Waals surface area contributed by atoms with Crippen molar-refractivity contribution < 1.29 is 21.6 Å². The Morgan fingerprint density at radius 1 is 1.38 bits per heavy atom. The molecule has 0 bridgehead atoms. The van der Waals surface area contributed by atoms with Crippen LogP contribution >= 0.6 is 0 Å². The zero-order valence-corrected chi connectivity index (χ0v) is 12.2. The number of aromatic nitrogens is 1. The van der Waals surface area contributed by atoms with E-state index in [1.54, 1.807) is 7.05 Å². The van der Waals surface area contributed by atoms with Gasteiger partial charge in [-0.15, -0.1) is 0 Å². The Hall–Kier alpha value is -1.19. The fourth-order valence-electron chi connectivity index (χ4n) is 2.25. The lowest BCUT2D eigenvalue weighted by molar-refractivity contribution is -0.141. The number of nitrogens with zero attached hydrogens (tertiary/aromatic N) is 2. The first-order chi connectivity index (χ1) is 9.75. The van der Waals surface area contributed by atoms with Crippen LogP contribution in [0.5, 0.6) is 0 Å². The van der Waals surface area contributed by atoms with Gasteiger partial charge in [0.05, 0.1) is 0 Å². The molecule has 0 saturated carbocycles. The molecule has 1 aromatic rings. The minimum absolute atomic E-state index is 0.0518. The summed E-state index contributed by atoms with van der Waals surface area (Å²) in [4.78, 5) is 2.99. The van der Waals surface area contributed by atoms with Crippen LogP contribution in [0.4, 0.5) is 13.2 Å². The Bertz CT molecular complexity index is 587. The average Bonchev–Trinajstić information content (AvgIpc) is 2.46. The van der Waals surface area contributed by atoms with Crippen LogP contribution in [0.3, 0.4) is 0 Å². The Morgan fingerprint density at radius 3 is 2.62 bits per heavy atom. The highest BCUT2D eigenvalue weighted by Crippen LogP contribution is 2.28. The molecule has 5 nitrogen and oxygen atoms in total. The molecule has 0 amide bonds.